The van der Waals surface area contributed by atoms with Gasteiger partial charge in [0, 0.05) is 31.6 Å². The molecule has 2 N–H and O–H groups in total. The Labute approximate surface area is 146 Å². The molecule has 1 heterocycles. The van der Waals surface area contributed by atoms with Crippen LogP contribution in [0.4, 0.5) is 4.79 Å². The second kappa shape index (κ2) is 8.72. The van der Waals surface area contributed by atoms with E-state index in [1.54, 1.807) is 0 Å². The van der Waals surface area contributed by atoms with Gasteiger partial charge in [-0.15, -0.1) is 0 Å². The van der Waals surface area contributed by atoms with Crippen molar-refractivity contribution in [2.45, 2.75) is 77.7 Å². The van der Waals surface area contributed by atoms with Crippen LogP contribution in [-0.4, -0.2) is 42.0 Å². The molecule has 5 nitrogen and oxygen atoms in total. The zero-order valence-electron chi connectivity index (χ0n) is 15.7. The summed E-state index contributed by atoms with van der Waals surface area (Å²) < 4.78 is 0. The fourth-order valence-corrected chi connectivity index (χ4v) is 3.72. The molecule has 0 bridgehead atoms. The van der Waals surface area contributed by atoms with Crippen LogP contribution in [0.1, 0.15) is 72.1 Å². The summed E-state index contributed by atoms with van der Waals surface area (Å²) in [5, 5.41) is 6.14. The maximum absolute atomic E-state index is 12.2. The summed E-state index contributed by atoms with van der Waals surface area (Å²) in [5.41, 5.74) is -0.193. The number of amides is 3. The van der Waals surface area contributed by atoms with Gasteiger partial charge in [-0.3, -0.25) is 4.79 Å². The number of rotatable bonds is 4. The number of hydrogen-bond donors (Lipinski definition) is 2. The van der Waals surface area contributed by atoms with Gasteiger partial charge in [0.1, 0.15) is 0 Å². The molecule has 138 valence electrons. The monoisotopic (exact) mass is 337 g/mol. The van der Waals surface area contributed by atoms with Crippen molar-refractivity contribution < 1.29 is 9.59 Å². The second-order valence-corrected chi connectivity index (χ2v) is 8.62. The Morgan fingerprint density at radius 1 is 0.958 bits per heavy atom. The summed E-state index contributed by atoms with van der Waals surface area (Å²) in [6, 6.07) is 0.0299. The van der Waals surface area contributed by atoms with Crippen molar-refractivity contribution >= 4 is 11.9 Å². The zero-order chi connectivity index (χ0) is 17.6. The molecular weight excluding hydrogens is 302 g/mol. The second-order valence-electron chi connectivity index (χ2n) is 8.62. The van der Waals surface area contributed by atoms with Gasteiger partial charge in [0.2, 0.25) is 5.91 Å². The molecule has 1 saturated heterocycles. The van der Waals surface area contributed by atoms with Gasteiger partial charge in [-0.25, -0.2) is 4.79 Å². The van der Waals surface area contributed by atoms with Crippen LogP contribution in [0.5, 0.6) is 0 Å². The van der Waals surface area contributed by atoms with Crippen LogP contribution in [-0.2, 0) is 4.79 Å². The van der Waals surface area contributed by atoms with Crippen LogP contribution in [0.25, 0.3) is 0 Å². The van der Waals surface area contributed by atoms with E-state index in [1.807, 2.05) is 25.7 Å². The lowest BCUT2D eigenvalue weighted by Gasteiger charge is -2.34. The van der Waals surface area contributed by atoms with E-state index in [1.165, 1.54) is 32.1 Å². The van der Waals surface area contributed by atoms with E-state index in [9.17, 15) is 9.59 Å². The van der Waals surface area contributed by atoms with Gasteiger partial charge >= 0.3 is 6.03 Å². The van der Waals surface area contributed by atoms with Crippen LogP contribution in [0.3, 0.4) is 0 Å². The van der Waals surface area contributed by atoms with Crippen LogP contribution in [0.15, 0.2) is 0 Å². The van der Waals surface area contributed by atoms with Gasteiger partial charge in [0.15, 0.2) is 0 Å². The molecule has 1 aliphatic carbocycles. The molecule has 0 spiro atoms. The van der Waals surface area contributed by atoms with Gasteiger partial charge in [0.25, 0.3) is 0 Å². The number of nitrogens with zero attached hydrogens (tertiary/aromatic N) is 1. The Balaban J connectivity index is 1.62. The summed E-state index contributed by atoms with van der Waals surface area (Å²) in [4.78, 5) is 26.1. The molecule has 1 saturated carbocycles. The minimum absolute atomic E-state index is 0.0299. The van der Waals surface area contributed by atoms with E-state index in [-0.39, 0.29) is 17.5 Å². The predicted octanol–water partition coefficient (Wildman–Crippen LogP) is 3.29. The average Bonchev–Trinajstić information content (AvgIpc) is 2.53. The van der Waals surface area contributed by atoms with E-state index in [2.05, 4.69) is 10.6 Å². The number of hydrogen-bond acceptors (Lipinski definition) is 2. The minimum Gasteiger partial charge on any atom is -0.356 e. The maximum Gasteiger partial charge on any atom is 0.317 e. The van der Waals surface area contributed by atoms with Gasteiger partial charge in [-0.1, -0.05) is 19.3 Å². The normalized spacial score (nSPS) is 20.7. The first-order valence-corrected chi connectivity index (χ1v) is 9.67. The zero-order valence-corrected chi connectivity index (χ0v) is 15.7. The summed E-state index contributed by atoms with van der Waals surface area (Å²) in [6.45, 7) is 8.33. The topological polar surface area (TPSA) is 61.4 Å². The van der Waals surface area contributed by atoms with Crippen molar-refractivity contribution in [1.82, 2.24) is 15.5 Å². The molecule has 24 heavy (non-hydrogen) atoms. The highest BCUT2D eigenvalue weighted by Gasteiger charge is 2.25. The molecule has 3 amide bonds. The number of carbonyl (C=O) groups excluding carboxylic acids is 2. The first-order chi connectivity index (χ1) is 11.3. The number of piperidine rings is 1. The van der Waals surface area contributed by atoms with E-state index in [4.69, 9.17) is 0 Å². The third kappa shape index (κ3) is 6.70. The number of nitrogens with one attached hydrogen (secondary N) is 2. The van der Waals surface area contributed by atoms with E-state index < -0.39 is 0 Å². The molecule has 0 unspecified atom stereocenters. The van der Waals surface area contributed by atoms with Crippen LogP contribution in [0, 0.1) is 11.8 Å². The lowest BCUT2D eigenvalue weighted by molar-refractivity contribution is -0.122. The fourth-order valence-electron chi connectivity index (χ4n) is 3.72. The summed E-state index contributed by atoms with van der Waals surface area (Å²) in [7, 11) is 0. The quantitative estimate of drug-likeness (QED) is 0.827. The number of carbonyl (C=O) groups is 2. The molecule has 0 atom stereocenters. The van der Waals surface area contributed by atoms with Crippen LogP contribution < -0.4 is 10.6 Å². The molecule has 2 rings (SSSR count). The molecule has 0 aromatic heterocycles. The Kier molecular flexibility index (Phi) is 6.93. The van der Waals surface area contributed by atoms with Crippen molar-refractivity contribution in [2.24, 2.45) is 11.8 Å². The lowest BCUT2D eigenvalue weighted by Crippen LogP contribution is -2.51. The molecule has 2 aliphatic rings. The van der Waals surface area contributed by atoms with Gasteiger partial charge in [-0.2, -0.15) is 0 Å². The average molecular weight is 338 g/mol. The lowest BCUT2D eigenvalue weighted by atomic mass is 9.87. The van der Waals surface area contributed by atoms with Crippen molar-refractivity contribution in [1.29, 1.82) is 0 Å². The SMILES string of the molecule is CC(C)(C)NC(=O)N1CCC(CNC(=O)CC2CCCCC2)CC1. The fraction of sp³-hybridized carbons (Fsp3) is 0.895. The Morgan fingerprint density at radius 2 is 1.58 bits per heavy atom. The molecule has 1 aliphatic heterocycles. The highest BCUT2D eigenvalue weighted by Crippen LogP contribution is 2.26. The largest absolute Gasteiger partial charge is 0.356 e. The van der Waals surface area contributed by atoms with Crippen LogP contribution in [0.2, 0.25) is 0 Å². The molecule has 0 aromatic rings. The summed E-state index contributed by atoms with van der Waals surface area (Å²) >= 11 is 0. The molecule has 0 radical (unpaired) electrons. The molecule has 5 heteroatoms. The first-order valence-electron chi connectivity index (χ1n) is 9.67. The summed E-state index contributed by atoms with van der Waals surface area (Å²) in [5.74, 6) is 1.32. The Bertz CT molecular complexity index is 417. The Morgan fingerprint density at radius 3 is 2.17 bits per heavy atom. The number of likely N-dealkylation sites (tertiary alicyclic amines) is 1. The standard InChI is InChI=1S/C19H35N3O2/c1-19(2,3)21-18(24)22-11-9-16(10-12-22)14-20-17(23)13-15-7-5-4-6-8-15/h15-16H,4-14H2,1-3H3,(H,20,23)(H,21,24). The predicted molar refractivity (Wildman–Crippen MR) is 96.8 cm³/mol. The molecular formula is C19H35N3O2. The smallest absolute Gasteiger partial charge is 0.317 e. The minimum atomic E-state index is -0.193. The van der Waals surface area contributed by atoms with Crippen molar-refractivity contribution in [3.63, 3.8) is 0 Å². The highest BCUT2D eigenvalue weighted by molar-refractivity contribution is 5.76. The molecule has 2 fully saturated rings. The van der Waals surface area contributed by atoms with E-state index >= 15 is 0 Å². The van der Waals surface area contributed by atoms with Gasteiger partial charge < -0.3 is 15.5 Å². The first kappa shape index (κ1) is 19.1. The van der Waals surface area contributed by atoms with Crippen LogP contribution >= 0.6 is 0 Å². The van der Waals surface area contributed by atoms with Crippen molar-refractivity contribution in [2.75, 3.05) is 19.6 Å². The third-order valence-corrected chi connectivity index (χ3v) is 5.17. The van der Waals surface area contributed by atoms with E-state index in [0.29, 0.717) is 18.3 Å². The van der Waals surface area contributed by atoms with Gasteiger partial charge in [0.05, 0.1) is 0 Å². The third-order valence-electron chi connectivity index (χ3n) is 5.17. The number of urea groups is 1. The maximum atomic E-state index is 12.2. The van der Waals surface area contributed by atoms with Gasteiger partial charge in [-0.05, 0) is 58.3 Å². The van der Waals surface area contributed by atoms with Crippen molar-refractivity contribution in [3.8, 4) is 0 Å². The Hall–Kier alpha value is -1.26. The van der Waals surface area contributed by atoms with E-state index in [0.717, 1.165) is 32.5 Å². The summed E-state index contributed by atoms with van der Waals surface area (Å²) in [6.07, 6.45) is 8.98. The molecule has 0 aromatic carbocycles. The van der Waals surface area contributed by atoms with Crippen molar-refractivity contribution in [3.05, 3.63) is 0 Å². The highest BCUT2D eigenvalue weighted by atomic mass is 16.2.